The van der Waals surface area contributed by atoms with Crippen molar-refractivity contribution in [3.05, 3.63) is 41.9 Å². The van der Waals surface area contributed by atoms with Crippen LogP contribution in [-0.2, 0) is 26.8 Å². The molecule has 1 N–H and O–H groups in total. The average Bonchev–Trinajstić information content (AvgIpc) is 3.38. The molecule has 0 radical (unpaired) electrons. The summed E-state index contributed by atoms with van der Waals surface area (Å²) in [7, 11) is -3.27. The highest BCUT2D eigenvalue weighted by Gasteiger charge is 2.46. The molecule has 2 fully saturated rings. The lowest BCUT2D eigenvalue weighted by Crippen LogP contribution is -2.37. The molecule has 4 heterocycles. The molecule has 0 amide bonds. The zero-order valence-corrected chi connectivity index (χ0v) is 18.6. The van der Waals surface area contributed by atoms with E-state index in [-0.39, 0.29) is 12.1 Å². The second kappa shape index (κ2) is 8.18. The number of aromatic nitrogens is 2. The molecule has 1 spiro atoms. The Balaban J connectivity index is 1.44. The minimum absolute atomic E-state index is 0.141. The molecule has 0 unspecified atom stereocenters. The van der Waals surface area contributed by atoms with Crippen molar-refractivity contribution in [2.24, 2.45) is 0 Å². The highest BCUT2D eigenvalue weighted by Crippen LogP contribution is 2.43. The fraction of sp³-hybridized carbons (Fsp3) is 0.636. The topological polar surface area (TPSA) is 104 Å². The maximum absolute atomic E-state index is 11.8. The number of fused-ring (bicyclic) bond motifs is 4. The van der Waals surface area contributed by atoms with Gasteiger partial charge in [-0.05, 0) is 57.1 Å². The summed E-state index contributed by atoms with van der Waals surface area (Å²) in [5, 5.41) is 0. The highest BCUT2D eigenvalue weighted by molar-refractivity contribution is 7.88. The summed E-state index contributed by atoms with van der Waals surface area (Å²) < 4.78 is 44.7. The molecule has 0 aromatic carbocycles. The quantitative estimate of drug-likeness (QED) is 0.755. The van der Waals surface area contributed by atoms with Gasteiger partial charge in [0.05, 0.1) is 30.1 Å². The summed E-state index contributed by atoms with van der Waals surface area (Å²) in [5.74, 6) is 1.79. The van der Waals surface area contributed by atoms with Crippen LogP contribution in [0.15, 0.2) is 29.0 Å². The van der Waals surface area contributed by atoms with E-state index in [9.17, 15) is 8.42 Å². The maximum Gasteiger partial charge on any atom is 0.208 e. The second-order valence-electron chi connectivity index (χ2n) is 9.21. The fourth-order valence-electron chi connectivity index (χ4n) is 5.30. The SMILES string of the molecule is CS(=O)(=O)N[C@H]1CC[C@]2(COC3CCC(CC3)c3ncccc3OCc3coc2n3)C1. The molecule has 2 saturated carbocycles. The minimum Gasteiger partial charge on any atom is -0.485 e. The number of nitrogens with zero attached hydrogens (tertiary/aromatic N) is 2. The van der Waals surface area contributed by atoms with E-state index in [1.54, 1.807) is 6.26 Å². The molecule has 168 valence electrons. The van der Waals surface area contributed by atoms with Crippen LogP contribution in [0.25, 0.3) is 0 Å². The van der Waals surface area contributed by atoms with E-state index >= 15 is 0 Å². The number of oxazole rings is 1. The summed E-state index contributed by atoms with van der Waals surface area (Å²) in [6.45, 7) is 0.791. The van der Waals surface area contributed by atoms with Gasteiger partial charge < -0.3 is 13.9 Å². The van der Waals surface area contributed by atoms with Gasteiger partial charge in [0.1, 0.15) is 24.3 Å². The van der Waals surface area contributed by atoms with Crippen molar-refractivity contribution in [2.75, 3.05) is 12.9 Å². The normalized spacial score (nSPS) is 31.2. The molecule has 2 aromatic rings. The van der Waals surface area contributed by atoms with Crippen molar-refractivity contribution >= 4 is 10.0 Å². The van der Waals surface area contributed by atoms with Gasteiger partial charge in [-0.3, -0.25) is 4.98 Å². The molecule has 2 aromatic heterocycles. The lowest BCUT2D eigenvalue weighted by molar-refractivity contribution is -0.0104. The van der Waals surface area contributed by atoms with Gasteiger partial charge in [0, 0.05) is 18.2 Å². The Kier molecular flexibility index (Phi) is 5.52. The molecule has 6 rings (SSSR count). The third-order valence-corrected chi connectivity index (χ3v) is 7.59. The fourth-order valence-corrected chi connectivity index (χ4v) is 6.10. The van der Waals surface area contributed by atoms with Crippen LogP contribution in [0.3, 0.4) is 0 Å². The molecule has 9 heteroatoms. The van der Waals surface area contributed by atoms with Crippen LogP contribution in [0.4, 0.5) is 0 Å². The Morgan fingerprint density at radius 3 is 2.84 bits per heavy atom. The van der Waals surface area contributed by atoms with Crippen LogP contribution in [0.5, 0.6) is 5.75 Å². The van der Waals surface area contributed by atoms with E-state index in [1.165, 1.54) is 6.26 Å². The maximum atomic E-state index is 11.8. The van der Waals surface area contributed by atoms with Gasteiger partial charge in [0.25, 0.3) is 0 Å². The van der Waals surface area contributed by atoms with Gasteiger partial charge in [0.2, 0.25) is 15.9 Å². The lowest BCUT2D eigenvalue weighted by Gasteiger charge is -2.33. The molecule has 2 aliphatic heterocycles. The number of ether oxygens (including phenoxy) is 2. The smallest absolute Gasteiger partial charge is 0.208 e. The number of hydrogen-bond donors (Lipinski definition) is 1. The van der Waals surface area contributed by atoms with E-state index in [0.29, 0.717) is 37.1 Å². The van der Waals surface area contributed by atoms with Crippen LogP contribution in [0.1, 0.15) is 68.1 Å². The third kappa shape index (κ3) is 4.49. The molecule has 8 nitrogen and oxygen atoms in total. The summed E-state index contributed by atoms with van der Waals surface area (Å²) >= 11 is 0. The Morgan fingerprint density at radius 2 is 2.03 bits per heavy atom. The van der Waals surface area contributed by atoms with Gasteiger partial charge in [-0.1, -0.05) is 0 Å². The van der Waals surface area contributed by atoms with Crippen LogP contribution >= 0.6 is 0 Å². The highest BCUT2D eigenvalue weighted by atomic mass is 32.2. The minimum atomic E-state index is -3.27. The first-order valence-electron chi connectivity index (χ1n) is 11.0. The van der Waals surface area contributed by atoms with Gasteiger partial charge in [-0.25, -0.2) is 18.1 Å². The molecule has 4 bridgehead atoms. The van der Waals surface area contributed by atoms with Gasteiger partial charge in [-0.2, -0.15) is 0 Å². The predicted molar refractivity (Wildman–Crippen MR) is 113 cm³/mol. The first-order valence-corrected chi connectivity index (χ1v) is 12.9. The van der Waals surface area contributed by atoms with Gasteiger partial charge in [0.15, 0.2) is 0 Å². The van der Waals surface area contributed by atoms with Crippen molar-refractivity contribution in [1.82, 2.24) is 14.7 Å². The largest absolute Gasteiger partial charge is 0.485 e. The number of pyridine rings is 1. The van der Waals surface area contributed by atoms with Crippen molar-refractivity contribution in [3.63, 3.8) is 0 Å². The van der Waals surface area contributed by atoms with Crippen molar-refractivity contribution in [1.29, 1.82) is 0 Å². The predicted octanol–water partition coefficient (Wildman–Crippen LogP) is 3.04. The third-order valence-electron chi connectivity index (χ3n) is 6.83. The Morgan fingerprint density at radius 1 is 1.19 bits per heavy atom. The molecule has 0 saturated heterocycles. The Hall–Kier alpha value is -1.97. The molecule has 4 aliphatic rings. The molecule has 2 atom stereocenters. The standard InChI is InChI=1S/C22H29N3O5S/c1-31(26,27)25-16-8-9-22(11-16)14-30-18-6-4-15(5-7-18)20-19(3-2-10-23-20)28-12-17-13-29-21(22)24-17/h2-3,10,13,15-16,18,25H,4-9,11-12,14H2,1H3/t15?,16-,18?,22+/m0/s1. The lowest BCUT2D eigenvalue weighted by atomic mass is 9.83. The zero-order chi connectivity index (χ0) is 21.5. The zero-order valence-electron chi connectivity index (χ0n) is 17.7. The van der Waals surface area contributed by atoms with Crippen molar-refractivity contribution in [2.45, 2.75) is 75.0 Å². The Bertz CT molecular complexity index is 1030. The van der Waals surface area contributed by atoms with Crippen molar-refractivity contribution in [3.8, 4) is 5.75 Å². The van der Waals surface area contributed by atoms with Gasteiger partial charge >= 0.3 is 0 Å². The first-order chi connectivity index (χ1) is 14.9. The number of sulfonamides is 1. The van der Waals surface area contributed by atoms with E-state index in [2.05, 4.69) is 9.71 Å². The summed E-state index contributed by atoms with van der Waals surface area (Å²) in [6.07, 6.45) is 10.9. The monoisotopic (exact) mass is 447 g/mol. The van der Waals surface area contributed by atoms with Crippen LogP contribution in [0, 0.1) is 0 Å². The van der Waals surface area contributed by atoms with E-state index in [0.717, 1.165) is 50.0 Å². The van der Waals surface area contributed by atoms with Gasteiger partial charge in [-0.15, -0.1) is 0 Å². The van der Waals surface area contributed by atoms with E-state index in [4.69, 9.17) is 18.9 Å². The van der Waals surface area contributed by atoms with E-state index < -0.39 is 15.4 Å². The summed E-state index contributed by atoms with van der Waals surface area (Å²) in [6, 6.07) is 3.73. The molecule has 2 aliphatic carbocycles. The van der Waals surface area contributed by atoms with Crippen LogP contribution in [-0.4, -0.2) is 43.4 Å². The average molecular weight is 448 g/mol. The van der Waals surface area contributed by atoms with E-state index in [1.807, 2.05) is 18.3 Å². The Labute approximate surface area is 182 Å². The summed E-state index contributed by atoms with van der Waals surface area (Å²) in [5.41, 5.74) is 1.30. The van der Waals surface area contributed by atoms with Crippen molar-refractivity contribution < 1.29 is 22.3 Å². The molecular weight excluding hydrogens is 418 g/mol. The molecular formula is C22H29N3O5S. The first kappa shape index (κ1) is 20.9. The number of nitrogens with one attached hydrogen (secondary N) is 1. The summed E-state index contributed by atoms with van der Waals surface area (Å²) in [4.78, 5) is 9.34. The number of hydrogen-bond acceptors (Lipinski definition) is 7. The number of rotatable bonds is 2. The van der Waals surface area contributed by atoms with Crippen LogP contribution < -0.4 is 9.46 Å². The van der Waals surface area contributed by atoms with Crippen LogP contribution in [0.2, 0.25) is 0 Å². The second-order valence-corrected chi connectivity index (χ2v) is 11.0. The molecule has 31 heavy (non-hydrogen) atoms.